The molecule has 0 aromatic heterocycles. The van der Waals surface area contributed by atoms with Gasteiger partial charge in [0, 0.05) is 19.5 Å². The fraction of sp³-hybridized carbons (Fsp3) is 0.884. The van der Waals surface area contributed by atoms with Gasteiger partial charge in [-0.2, -0.15) is 0 Å². The molecule has 0 aromatic rings. The highest BCUT2D eigenvalue weighted by molar-refractivity contribution is 5.83. The Morgan fingerprint density at radius 2 is 0.927 bits per heavy atom. The quantitative estimate of drug-likeness (QED) is 0.0166. The second-order valence-electron chi connectivity index (χ2n) is 15.5. The lowest BCUT2D eigenvalue weighted by Gasteiger charge is -2.25. The molecule has 0 saturated carbocycles. The van der Waals surface area contributed by atoms with E-state index in [4.69, 9.17) is 11.5 Å². The normalized spacial score (nSPS) is 11.9. The van der Waals surface area contributed by atoms with Crippen LogP contribution in [0.1, 0.15) is 206 Å². The Bertz CT molecular complexity index is 879. The Morgan fingerprint density at radius 3 is 1.31 bits per heavy atom. The fourth-order valence-electron chi connectivity index (χ4n) is 6.81. The summed E-state index contributed by atoms with van der Waals surface area (Å²) in [6, 6.07) is -0.888. The zero-order valence-corrected chi connectivity index (χ0v) is 38.1. The van der Waals surface area contributed by atoms with Crippen LogP contribution in [0.15, 0.2) is 12.2 Å². The average Bonchev–Trinajstić information content (AvgIpc) is 3.13. The zero-order valence-electron chi connectivity index (χ0n) is 35.8. The number of nitrogens with zero attached hydrogens (tertiary/aromatic N) is 1. The third kappa shape index (κ3) is 42.2. The Morgan fingerprint density at radius 1 is 0.564 bits per heavy atom. The van der Waals surface area contributed by atoms with E-state index in [0.717, 1.165) is 38.8 Å². The number of carbonyl (C=O) groups is 2. The summed E-state index contributed by atoms with van der Waals surface area (Å²) < 4.78 is 0. The molecule has 0 radical (unpaired) electrons. The molecule has 2 amide bonds. The van der Waals surface area contributed by atoms with Gasteiger partial charge in [-0.15, -0.1) is 0 Å². The lowest BCUT2D eigenvalue weighted by molar-refractivity contribution is -0.463. The molecule has 0 aliphatic heterocycles. The van der Waals surface area contributed by atoms with Crippen LogP contribution in [0.4, 0.5) is 0 Å². The lowest BCUT2D eigenvalue weighted by Crippen LogP contribution is -3.00. The minimum atomic E-state index is -0.495. The summed E-state index contributed by atoms with van der Waals surface area (Å²) in [5.41, 5.74) is 19.0. The smallest absolute Gasteiger partial charge is 0.338 e. The van der Waals surface area contributed by atoms with E-state index in [9.17, 15) is 9.59 Å². The minimum absolute atomic E-state index is 0. The molecule has 0 heterocycles. The van der Waals surface area contributed by atoms with Crippen LogP contribution in [0.2, 0.25) is 0 Å². The summed E-state index contributed by atoms with van der Waals surface area (Å²) in [4.78, 5) is 31.0. The molecule has 2 atom stereocenters. The van der Waals surface area contributed by atoms with Crippen molar-refractivity contribution < 1.29 is 63.3 Å². The average molecular weight is 844 g/mol. The predicted octanol–water partition coefficient (Wildman–Crippen LogP) is -3.18. The van der Waals surface area contributed by atoms with Gasteiger partial charge in [0.1, 0.15) is 0 Å². The van der Waals surface area contributed by atoms with Crippen LogP contribution in [-0.2, 0) is 9.59 Å². The molecule has 0 aromatic carbocycles. The number of halogens is 3. The molecule has 0 aliphatic rings. The summed E-state index contributed by atoms with van der Waals surface area (Å²) in [5, 5.41) is 2.92. The van der Waals surface area contributed by atoms with Crippen LogP contribution in [0, 0.1) is 0 Å². The van der Waals surface area contributed by atoms with Crippen molar-refractivity contribution >= 4 is 17.8 Å². The highest BCUT2D eigenvalue weighted by Gasteiger charge is 2.26. The SMILES string of the molecule is CCCCCCCC/C=C\CCCCCCCCN(CCCCCCCCCCCCCCCC)C(=O)[C@@H]([NH3+])CNC(=O)[C@@H]([NH3+])CCC[NH+]=C(N)N.[Cl-].[Cl-].[Cl-]. The first-order valence-electron chi connectivity index (χ1n) is 22.3. The Kier molecular flexibility index (Phi) is 51.8. The van der Waals surface area contributed by atoms with Crippen molar-refractivity contribution in [3.63, 3.8) is 0 Å². The first-order chi connectivity index (χ1) is 25.3. The third-order valence-electron chi connectivity index (χ3n) is 10.3. The number of hydrogen-bond donors (Lipinski definition) is 6. The van der Waals surface area contributed by atoms with E-state index in [0.29, 0.717) is 13.0 Å². The van der Waals surface area contributed by atoms with Gasteiger partial charge in [-0.05, 0) is 44.9 Å². The monoisotopic (exact) mass is 842 g/mol. The minimum Gasteiger partial charge on any atom is -1.00 e. The maximum atomic E-state index is 13.5. The molecule has 0 saturated heterocycles. The number of nitrogens with two attached hydrogens (primary N) is 2. The molecule has 330 valence electrons. The van der Waals surface area contributed by atoms with Crippen molar-refractivity contribution in [2.24, 2.45) is 11.5 Å². The topological polar surface area (TPSA) is 171 Å². The van der Waals surface area contributed by atoms with Gasteiger partial charge in [-0.3, -0.25) is 26.0 Å². The standard InChI is InChI=1S/C43H87N7O2.3ClH/c1-3-5-7-9-11-13-15-17-19-20-22-24-26-28-30-32-37-50(36-31-29-27-25-23-21-18-16-14-12-10-8-6-4-2)42(52)40(45)38-49-41(51)39(44)34-33-35-48-43(46)47;;;/h17,19,39-40H,3-16,18,20-38,44-45H2,1-2H3,(H,49,51)(H4,46,47,48);3*1H/b19-17-;;;/t39-,40-;;;/m0.../s1. The molecule has 0 aliphatic carbocycles. The van der Waals surface area contributed by atoms with Gasteiger partial charge < -0.3 is 58.9 Å². The summed E-state index contributed by atoms with van der Waals surface area (Å²) >= 11 is 0. The van der Waals surface area contributed by atoms with Crippen molar-refractivity contribution in [2.75, 3.05) is 26.2 Å². The summed E-state index contributed by atoms with van der Waals surface area (Å²) in [5.74, 6) is 0.0961. The molecular weight excluding hydrogens is 753 g/mol. The molecule has 0 unspecified atom stereocenters. The number of unbranched alkanes of at least 4 members (excludes halogenated alkanes) is 25. The van der Waals surface area contributed by atoms with Gasteiger partial charge in [0.2, 0.25) is 0 Å². The summed E-state index contributed by atoms with van der Waals surface area (Å²) in [6.45, 7) is 6.97. The number of hydrogen-bond acceptors (Lipinski definition) is 2. The van der Waals surface area contributed by atoms with E-state index < -0.39 is 12.1 Å². The zero-order chi connectivity index (χ0) is 38.3. The van der Waals surface area contributed by atoms with Gasteiger partial charge in [-0.1, -0.05) is 167 Å². The highest BCUT2D eigenvalue weighted by Crippen LogP contribution is 2.14. The van der Waals surface area contributed by atoms with Crippen LogP contribution in [0.5, 0.6) is 0 Å². The summed E-state index contributed by atoms with van der Waals surface area (Å²) in [6.07, 6.45) is 42.5. The molecule has 55 heavy (non-hydrogen) atoms. The Labute approximate surface area is 358 Å². The first-order valence-corrected chi connectivity index (χ1v) is 22.3. The molecule has 0 rings (SSSR count). The first kappa shape index (κ1) is 60.4. The molecule has 12 heteroatoms. The van der Waals surface area contributed by atoms with Gasteiger partial charge in [-0.25, -0.2) is 0 Å². The number of amides is 2. The number of allylic oxidation sites excluding steroid dienone is 2. The Balaban J connectivity index is -0.00000433. The van der Waals surface area contributed by atoms with Crippen LogP contribution < -0.4 is 70.5 Å². The highest BCUT2D eigenvalue weighted by atomic mass is 35.5. The molecule has 0 spiro atoms. The molecule has 0 bridgehead atoms. The number of carbonyl (C=O) groups excluding carboxylic acids is 2. The predicted molar refractivity (Wildman–Crippen MR) is 221 cm³/mol. The molecular formula is C43H90Cl3N7O2. The van der Waals surface area contributed by atoms with E-state index in [1.807, 2.05) is 4.90 Å². The lowest BCUT2D eigenvalue weighted by atomic mass is 10.0. The third-order valence-corrected chi connectivity index (χ3v) is 10.3. The van der Waals surface area contributed by atoms with Crippen LogP contribution >= 0.6 is 0 Å². The number of rotatable bonds is 39. The van der Waals surface area contributed by atoms with Crippen molar-refractivity contribution in [3.05, 3.63) is 12.2 Å². The van der Waals surface area contributed by atoms with Gasteiger partial charge in [0.15, 0.2) is 12.1 Å². The van der Waals surface area contributed by atoms with Crippen molar-refractivity contribution in [3.8, 4) is 0 Å². The maximum Gasteiger partial charge on any atom is 0.338 e. The van der Waals surface area contributed by atoms with Crippen LogP contribution in [-0.4, -0.2) is 60.9 Å². The molecule has 9 nitrogen and oxygen atoms in total. The molecule has 0 fully saturated rings. The molecule has 12 N–H and O–H groups in total. The van der Waals surface area contributed by atoms with Crippen molar-refractivity contribution in [1.29, 1.82) is 0 Å². The van der Waals surface area contributed by atoms with Gasteiger partial charge >= 0.3 is 5.96 Å². The number of nitrogens with one attached hydrogen (secondary N) is 2. The second kappa shape index (κ2) is 47.1. The number of quaternary nitrogens is 2. The second-order valence-corrected chi connectivity index (χ2v) is 15.5. The van der Waals surface area contributed by atoms with E-state index in [2.05, 4.69) is 47.8 Å². The van der Waals surface area contributed by atoms with Gasteiger partial charge in [0.05, 0.1) is 13.1 Å². The van der Waals surface area contributed by atoms with Crippen LogP contribution in [0.25, 0.3) is 0 Å². The van der Waals surface area contributed by atoms with E-state index in [1.54, 1.807) is 0 Å². The maximum absolute atomic E-state index is 13.5. The van der Waals surface area contributed by atoms with E-state index >= 15 is 0 Å². The largest absolute Gasteiger partial charge is 1.00 e. The summed E-state index contributed by atoms with van der Waals surface area (Å²) in [7, 11) is 0. The van der Waals surface area contributed by atoms with E-state index in [1.165, 1.54) is 161 Å². The van der Waals surface area contributed by atoms with E-state index in [-0.39, 0.29) is 61.5 Å². The number of guanidine groups is 1. The fourth-order valence-corrected chi connectivity index (χ4v) is 6.81. The van der Waals surface area contributed by atoms with Crippen LogP contribution in [0.3, 0.4) is 0 Å². The van der Waals surface area contributed by atoms with Gasteiger partial charge in [0.25, 0.3) is 11.8 Å². The van der Waals surface area contributed by atoms with Crippen molar-refractivity contribution in [1.82, 2.24) is 10.2 Å². The Hall–Kier alpha value is -1.26. The van der Waals surface area contributed by atoms with Crippen molar-refractivity contribution in [2.45, 2.75) is 219 Å².